The van der Waals surface area contributed by atoms with Crippen molar-refractivity contribution < 1.29 is 14.6 Å². The van der Waals surface area contributed by atoms with Crippen LogP contribution in [0.25, 0.3) is 11.2 Å². The average molecular weight is 307 g/mol. The van der Waals surface area contributed by atoms with E-state index in [1.807, 2.05) is 16.7 Å². The molecule has 3 rings (SSSR count). The van der Waals surface area contributed by atoms with Gasteiger partial charge in [0.2, 0.25) is 0 Å². The molecule has 0 spiro atoms. The first-order valence-corrected chi connectivity index (χ1v) is 7.96. The summed E-state index contributed by atoms with van der Waals surface area (Å²) in [5.74, 6) is -0.255. The summed E-state index contributed by atoms with van der Waals surface area (Å²) in [7, 11) is 0. The number of thioether (sulfide) groups is 1. The van der Waals surface area contributed by atoms with Gasteiger partial charge >= 0.3 is 5.97 Å². The molecule has 0 radical (unpaired) electrons. The Morgan fingerprint density at radius 2 is 2.48 bits per heavy atom. The molecule has 1 atom stereocenters. The molecule has 1 aliphatic rings. The van der Waals surface area contributed by atoms with Crippen LogP contribution in [0.3, 0.4) is 0 Å². The summed E-state index contributed by atoms with van der Waals surface area (Å²) in [6, 6.07) is 3.75. The molecule has 2 aromatic rings. The van der Waals surface area contributed by atoms with Crippen molar-refractivity contribution in [3.8, 4) is 0 Å². The van der Waals surface area contributed by atoms with Gasteiger partial charge in [0.05, 0.1) is 5.75 Å². The van der Waals surface area contributed by atoms with Crippen molar-refractivity contribution in [1.29, 1.82) is 0 Å². The maximum absolute atomic E-state index is 10.8. The van der Waals surface area contributed by atoms with Crippen molar-refractivity contribution in [2.24, 2.45) is 5.92 Å². The number of carboxylic acids is 1. The molecule has 1 aliphatic heterocycles. The molecule has 0 bridgehead atoms. The Bertz CT molecular complexity index is 637. The highest BCUT2D eigenvalue weighted by molar-refractivity contribution is 7.99. The summed E-state index contributed by atoms with van der Waals surface area (Å²) in [6.45, 7) is 2.45. The van der Waals surface area contributed by atoms with Gasteiger partial charge in [-0.05, 0) is 30.9 Å². The van der Waals surface area contributed by atoms with Crippen LogP contribution < -0.4 is 0 Å². The summed E-state index contributed by atoms with van der Waals surface area (Å²) >= 11 is 1.24. The zero-order valence-electron chi connectivity index (χ0n) is 11.6. The van der Waals surface area contributed by atoms with Gasteiger partial charge in [-0.15, -0.1) is 0 Å². The summed E-state index contributed by atoms with van der Waals surface area (Å²) in [5, 5.41) is 9.58. The number of pyridine rings is 1. The number of aryl methyl sites for hydroxylation is 1. The van der Waals surface area contributed by atoms with E-state index >= 15 is 0 Å². The molecule has 0 saturated carbocycles. The molecule has 2 aromatic heterocycles. The predicted molar refractivity (Wildman–Crippen MR) is 79.4 cm³/mol. The third kappa shape index (κ3) is 3.36. The minimum absolute atomic E-state index is 0.00978. The first-order chi connectivity index (χ1) is 10.2. The highest BCUT2D eigenvalue weighted by Crippen LogP contribution is 2.25. The Morgan fingerprint density at radius 3 is 3.24 bits per heavy atom. The number of hydrogen-bond donors (Lipinski definition) is 1. The summed E-state index contributed by atoms with van der Waals surface area (Å²) in [6.07, 6.45) is 3.84. The van der Waals surface area contributed by atoms with Crippen LogP contribution in [-0.2, 0) is 16.1 Å². The lowest BCUT2D eigenvalue weighted by Gasteiger charge is -2.10. The van der Waals surface area contributed by atoms with Crippen LogP contribution in [0, 0.1) is 5.92 Å². The number of aliphatic carboxylic acids is 1. The van der Waals surface area contributed by atoms with Gasteiger partial charge in [0.1, 0.15) is 5.52 Å². The summed E-state index contributed by atoms with van der Waals surface area (Å²) < 4.78 is 7.43. The minimum Gasteiger partial charge on any atom is -0.481 e. The van der Waals surface area contributed by atoms with Crippen molar-refractivity contribution in [2.45, 2.75) is 24.5 Å². The average Bonchev–Trinajstić information content (AvgIpc) is 3.10. The first kappa shape index (κ1) is 14.3. The van der Waals surface area contributed by atoms with Gasteiger partial charge in [-0.25, -0.2) is 9.97 Å². The second kappa shape index (κ2) is 6.44. The molecular formula is C14H17N3O3S. The maximum atomic E-state index is 10.8. The van der Waals surface area contributed by atoms with Crippen LogP contribution in [0.1, 0.15) is 12.8 Å². The Balaban J connectivity index is 1.81. The molecule has 112 valence electrons. The topological polar surface area (TPSA) is 77.2 Å². The Hall–Kier alpha value is -1.60. The van der Waals surface area contributed by atoms with Crippen LogP contribution in [0.5, 0.6) is 0 Å². The number of carbonyl (C=O) groups is 1. The van der Waals surface area contributed by atoms with Crippen molar-refractivity contribution in [2.75, 3.05) is 19.0 Å². The highest BCUT2D eigenvalue weighted by Gasteiger charge is 2.18. The standard InChI is InChI=1S/C14H17N3O3S/c18-12(19)9-21-14-16-11-2-1-5-15-13(11)17(14)6-3-10-4-7-20-8-10/h1-2,5,10H,3-4,6-9H2,(H,18,19). The van der Waals surface area contributed by atoms with E-state index in [4.69, 9.17) is 9.84 Å². The fourth-order valence-corrected chi connectivity index (χ4v) is 3.25. The molecule has 1 fully saturated rings. The second-order valence-corrected chi connectivity index (χ2v) is 6.04. The number of rotatable bonds is 6. The SMILES string of the molecule is O=C(O)CSc1nc2cccnc2n1CCC1CCOC1. The summed E-state index contributed by atoms with van der Waals surface area (Å²) in [5.41, 5.74) is 1.64. The zero-order chi connectivity index (χ0) is 14.7. The van der Waals surface area contributed by atoms with Gasteiger partial charge in [0.25, 0.3) is 0 Å². The molecular weight excluding hydrogens is 290 g/mol. The van der Waals surface area contributed by atoms with E-state index in [1.54, 1.807) is 6.20 Å². The number of fused-ring (bicyclic) bond motifs is 1. The molecule has 0 aromatic carbocycles. The molecule has 0 amide bonds. The number of carboxylic acid groups (broad SMARTS) is 1. The van der Waals surface area contributed by atoms with E-state index < -0.39 is 5.97 Å². The van der Waals surface area contributed by atoms with Gasteiger partial charge in [-0.3, -0.25) is 4.79 Å². The van der Waals surface area contributed by atoms with E-state index in [2.05, 4.69) is 9.97 Å². The first-order valence-electron chi connectivity index (χ1n) is 6.97. The predicted octanol–water partition coefficient (Wildman–Crippen LogP) is 2.03. The van der Waals surface area contributed by atoms with Gasteiger partial charge in [-0.1, -0.05) is 11.8 Å². The van der Waals surface area contributed by atoms with Crippen LogP contribution >= 0.6 is 11.8 Å². The van der Waals surface area contributed by atoms with E-state index in [0.717, 1.165) is 48.9 Å². The lowest BCUT2D eigenvalue weighted by Crippen LogP contribution is -2.08. The van der Waals surface area contributed by atoms with E-state index in [9.17, 15) is 4.79 Å². The third-order valence-corrected chi connectivity index (χ3v) is 4.54. The van der Waals surface area contributed by atoms with Crippen LogP contribution in [0.2, 0.25) is 0 Å². The molecule has 6 nitrogen and oxygen atoms in total. The monoisotopic (exact) mass is 307 g/mol. The smallest absolute Gasteiger partial charge is 0.313 e. The number of nitrogens with zero attached hydrogens (tertiary/aromatic N) is 3. The molecule has 1 saturated heterocycles. The Labute approximate surface area is 126 Å². The van der Waals surface area contributed by atoms with E-state index in [0.29, 0.717) is 5.92 Å². The molecule has 21 heavy (non-hydrogen) atoms. The highest BCUT2D eigenvalue weighted by atomic mass is 32.2. The lowest BCUT2D eigenvalue weighted by molar-refractivity contribution is -0.133. The molecule has 7 heteroatoms. The number of ether oxygens (including phenoxy) is 1. The zero-order valence-corrected chi connectivity index (χ0v) is 12.4. The lowest BCUT2D eigenvalue weighted by atomic mass is 10.1. The van der Waals surface area contributed by atoms with Crippen molar-refractivity contribution in [3.63, 3.8) is 0 Å². The van der Waals surface area contributed by atoms with Crippen LogP contribution in [0.4, 0.5) is 0 Å². The normalized spacial score (nSPS) is 18.4. The maximum Gasteiger partial charge on any atom is 0.313 e. The summed E-state index contributed by atoms with van der Waals surface area (Å²) in [4.78, 5) is 19.7. The fraction of sp³-hybridized carbons (Fsp3) is 0.500. The number of imidazole rings is 1. The minimum atomic E-state index is -0.837. The Kier molecular flexibility index (Phi) is 4.40. The largest absolute Gasteiger partial charge is 0.481 e. The van der Waals surface area contributed by atoms with E-state index in [-0.39, 0.29) is 5.75 Å². The van der Waals surface area contributed by atoms with Gasteiger partial charge < -0.3 is 14.4 Å². The van der Waals surface area contributed by atoms with Crippen molar-refractivity contribution in [1.82, 2.24) is 14.5 Å². The van der Waals surface area contributed by atoms with Gasteiger partial charge in [0.15, 0.2) is 10.8 Å². The molecule has 1 unspecified atom stereocenters. The fourth-order valence-electron chi connectivity index (χ4n) is 2.50. The number of hydrogen-bond acceptors (Lipinski definition) is 5. The van der Waals surface area contributed by atoms with Crippen molar-refractivity contribution in [3.05, 3.63) is 18.3 Å². The second-order valence-electron chi connectivity index (χ2n) is 5.09. The van der Waals surface area contributed by atoms with Crippen LogP contribution in [-0.4, -0.2) is 44.6 Å². The van der Waals surface area contributed by atoms with E-state index in [1.165, 1.54) is 11.8 Å². The third-order valence-electron chi connectivity index (χ3n) is 3.58. The molecule has 1 N–H and O–H groups in total. The number of aromatic nitrogens is 3. The quantitative estimate of drug-likeness (QED) is 0.823. The molecule has 0 aliphatic carbocycles. The van der Waals surface area contributed by atoms with Gasteiger partial charge in [0, 0.05) is 26.0 Å². The van der Waals surface area contributed by atoms with Crippen LogP contribution in [0.15, 0.2) is 23.5 Å². The Morgan fingerprint density at radius 1 is 1.57 bits per heavy atom. The van der Waals surface area contributed by atoms with Crippen molar-refractivity contribution >= 4 is 28.9 Å². The van der Waals surface area contributed by atoms with Gasteiger partial charge in [-0.2, -0.15) is 0 Å². The molecule has 3 heterocycles.